The fraction of sp³-hybridized carbons (Fsp3) is 0.462. The van der Waals surface area contributed by atoms with Gasteiger partial charge in [0.25, 0.3) is 0 Å². The number of hydrogen-bond donors (Lipinski definition) is 2. The molecule has 0 spiro atoms. The summed E-state index contributed by atoms with van der Waals surface area (Å²) < 4.78 is 0. The summed E-state index contributed by atoms with van der Waals surface area (Å²) in [5, 5.41) is 11.8. The molecule has 2 rings (SSSR count). The lowest BCUT2D eigenvalue weighted by atomic mass is 10.2. The van der Waals surface area contributed by atoms with Gasteiger partial charge in [0, 0.05) is 31.9 Å². The predicted molar refractivity (Wildman–Crippen MR) is 73.1 cm³/mol. The molecule has 3 N–H and O–H groups in total. The number of para-hydroxylation sites is 1. The smallest absolute Gasteiger partial charge is 0.156 e. The van der Waals surface area contributed by atoms with Gasteiger partial charge in [-0.1, -0.05) is 23.4 Å². The molecule has 5 heteroatoms. The van der Waals surface area contributed by atoms with Gasteiger partial charge in [-0.05, 0) is 19.1 Å². The molecular weight excluding hydrogens is 228 g/mol. The SMILES string of the molecule is CC(C(N)=NO)N1CCN(c2ccccc2)CC1. The fourth-order valence-corrected chi connectivity index (χ4v) is 2.28. The van der Waals surface area contributed by atoms with E-state index in [1.807, 2.05) is 13.0 Å². The quantitative estimate of drug-likeness (QED) is 0.362. The molecule has 0 bridgehead atoms. The highest BCUT2D eigenvalue weighted by atomic mass is 16.4. The maximum atomic E-state index is 8.69. The molecule has 1 fully saturated rings. The van der Waals surface area contributed by atoms with Crippen LogP contribution in [0.4, 0.5) is 5.69 Å². The number of piperazine rings is 1. The molecule has 1 aliphatic rings. The highest BCUT2D eigenvalue weighted by Gasteiger charge is 2.23. The number of amidine groups is 1. The molecule has 1 saturated heterocycles. The molecule has 1 aromatic carbocycles. The third kappa shape index (κ3) is 2.73. The molecule has 0 aliphatic carbocycles. The maximum Gasteiger partial charge on any atom is 0.156 e. The van der Waals surface area contributed by atoms with Crippen LogP contribution in [-0.2, 0) is 0 Å². The van der Waals surface area contributed by atoms with E-state index in [0.717, 1.165) is 26.2 Å². The van der Waals surface area contributed by atoms with Crippen LogP contribution in [0, 0.1) is 0 Å². The Labute approximate surface area is 107 Å². The van der Waals surface area contributed by atoms with Crippen LogP contribution in [-0.4, -0.2) is 48.2 Å². The van der Waals surface area contributed by atoms with Crippen LogP contribution in [0.1, 0.15) is 6.92 Å². The minimum absolute atomic E-state index is 0.00655. The molecule has 0 aromatic heterocycles. The Hall–Kier alpha value is -1.75. The Morgan fingerprint density at radius 2 is 1.83 bits per heavy atom. The second kappa shape index (κ2) is 5.73. The maximum absolute atomic E-state index is 8.69. The van der Waals surface area contributed by atoms with E-state index in [2.05, 4.69) is 39.2 Å². The predicted octanol–water partition coefficient (Wildman–Crippen LogP) is 0.944. The van der Waals surface area contributed by atoms with Crippen LogP contribution in [0.2, 0.25) is 0 Å². The summed E-state index contributed by atoms with van der Waals surface area (Å²) in [7, 11) is 0. The summed E-state index contributed by atoms with van der Waals surface area (Å²) in [6.45, 7) is 5.74. The minimum Gasteiger partial charge on any atom is -0.409 e. The zero-order chi connectivity index (χ0) is 13.0. The second-order valence-corrected chi connectivity index (χ2v) is 4.56. The molecular formula is C13H20N4O. The number of nitrogens with zero attached hydrogens (tertiary/aromatic N) is 3. The summed E-state index contributed by atoms with van der Waals surface area (Å²) >= 11 is 0. The topological polar surface area (TPSA) is 65.1 Å². The Kier molecular flexibility index (Phi) is 4.04. The molecule has 0 amide bonds. The van der Waals surface area contributed by atoms with Gasteiger partial charge in [0.1, 0.15) is 0 Å². The standard InChI is InChI=1S/C13H20N4O/c1-11(13(14)15-18)16-7-9-17(10-8-16)12-5-3-2-4-6-12/h2-6,11,18H,7-10H2,1H3,(H2,14,15). The van der Waals surface area contributed by atoms with Crippen LogP contribution in [0.15, 0.2) is 35.5 Å². The first-order valence-corrected chi connectivity index (χ1v) is 6.24. The largest absolute Gasteiger partial charge is 0.409 e. The van der Waals surface area contributed by atoms with E-state index < -0.39 is 0 Å². The molecule has 5 nitrogen and oxygen atoms in total. The van der Waals surface area contributed by atoms with Gasteiger partial charge in [-0.25, -0.2) is 0 Å². The van der Waals surface area contributed by atoms with Crippen molar-refractivity contribution in [1.82, 2.24) is 4.90 Å². The molecule has 1 atom stereocenters. The Balaban J connectivity index is 1.92. The van der Waals surface area contributed by atoms with Gasteiger partial charge in [0.2, 0.25) is 0 Å². The molecule has 0 radical (unpaired) electrons. The van der Waals surface area contributed by atoms with E-state index >= 15 is 0 Å². The van der Waals surface area contributed by atoms with Crippen molar-refractivity contribution in [3.8, 4) is 0 Å². The van der Waals surface area contributed by atoms with Crippen molar-refractivity contribution in [2.24, 2.45) is 10.9 Å². The van der Waals surface area contributed by atoms with E-state index in [1.165, 1.54) is 5.69 Å². The van der Waals surface area contributed by atoms with Crippen molar-refractivity contribution in [3.63, 3.8) is 0 Å². The first-order valence-electron chi connectivity index (χ1n) is 6.24. The normalized spacial score (nSPS) is 19.8. The van der Waals surface area contributed by atoms with Gasteiger partial charge in [0.05, 0.1) is 6.04 Å². The number of anilines is 1. The zero-order valence-corrected chi connectivity index (χ0v) is 10.7. The van der Waals surface area contributed by atoms with Crippen molar-refractivity contribution in [2.45, 2.75) is 13.0 Å². The van der Waals surface area contributed by atoms with E-state index in [1.54, 1.807) is 0 Å². The number of hydrogen-bond acceptors (Lipinski definition) is 4. The van der Waals surface area contributed by atoms with Crippen LogP contribution >= 0.6 is 0 Å². The number of rotatable bonds is 3. The monoisotopic (exact) mass is 248 g/mol. The van der Waals surface area contributed by atoms with Crippen LogP contribution in [0.3, 0.4) is 0 Å². The Morgan fingerprint density at radius 1 is 1.22 bits per heavy atom. The first kappa shape index (κ1) is 12.7. The van der Waals surface area contributed by atoms with E-state index in [-0.39, 0.29) is 11.9 Å². The zero-order valence-electron chi connectivity index (χ0n) is 10.7. The summed E-state index contributed by atoms with van der Waals surface area (Å²) in [6, 6.07) is 10.4. The van der Waals surface area contributed by atoms with Gasteiger partial charge >= 0.3 is 0 Å². The summed E-state index contributed by atoms with van der Waals surface area (Å²) in [4.78, 5) is 4.59. The lowest BCUT2D eigenvalue weighted by Gasteiger charge is -2.38. The molecule has 1 aliphatic heterocycles. The van der Waals surface area contributed by atoms with Crippen LogP contribution in [0.25, 0.3) is 0 Å². The third-order valence-corrected chi connectivity index (χ3v) is 3.53. The van der Waals surface area contributed by atoms with Gasteiger partial charge in [-0.3, -0.25) is 4.90 Å². The lowest BCUT2D eigenvalue weighted by molar-refractivity contribution is 0.230. The number of benzene rings is 1. The molecule has 1 heterocycles. The number of oxime groups is 1. The second-order valence-electron chi connectivity index (χ2n) is 4.56. The van der Waals surface area contributed by atoms with Crippen molar-refractivity contribution in [2.75, 3.05) is 31.1 Å². The van der Waals surface area contributed by atoms with Gasteiger partial charge in [0.15, 0.2) is 5.84 Å². The van der Waals surface area contributed by atoms with Crippen molar-refractivity contribution >= 4 is 11.5 Å². The van der Waals surface area contributed by atoms with Crippen LogP contribution in [0.5, 0.6) is 0 Å². The van der Waals surface area contributed by atoms with Gasteiger partial charge in [-0.2, -0.15) is 0 Å². The molecule has 1 unspecified atom stereocenters. The fourth-order valence-electron chi connectivity index (χ4n) is 2.28. The van der Waals surface area contributed by atoms with E-state index in [4.69, 9.17) is 10.9 Å². The van der Waals surface area contributed by atoms with Crippen molar-refractivity contribution < 1.29 is 5.21 Å². The third-order valence-electron chi connectivity index (χ3n) is 3.53. The molecule has 0 saturated carbocycles. The Bertz CT molecular complexity index is 399. The molecule has 1 aromatic rings. The first-order chi connectivity index (χ1) is 8.72. The lowest BCUT2D eigenvalue weighted by Crippen LogP contribution is -2.53. The van der Waals surface area contributed by atoms with Crippen molar-refractivity contribution in [1.29, 1.82) is 0 Å². The highest BCUT2D eigenvalue weighted by Crippen LogP contribution is 2.16. The van der Waals surface area contributed by atoms with E-state index in [9.17, 15) is 0 Å². The minimum atomic E-state index is -0.00655. The highest BCUT2D eigenvalue weighted by molar-refractivity contribution is 5.84. The summed E-state index contributed by atoms with van der Waals surface area (Å²) in [5.74, 6) is 0.281. The summed E-state index contributed by atoms with van der Waals surface area (Å²) in [6.07, 6.45) is 0. The average Bonchev–Trinajstić information content (AvgIpc) is 2.47. The molecule has 18 heavy (non-hydrogen) atoms. The van der Waals surface area contributed by atoms with Gasteiger partial charge in [-0.15, -0.1) is 0 Å². The molecule has 98 valence electrons. The van der Waals surface area contributed by atoms with E-state index in [0.29, 0.717) is 0 Å². The Morgan fingerprint density at radius 3 is 2.39 bits per heavy atom. The summed E-state index contributed by atoms with van der Waals surface area (Å²) in [5.41, 5.74) is 6.90. The number of nitrogens with two attached hydrogens (primary N) is 1. The van der Waals surface area contributed by atoms with Gasteiger partial charge < -0.3 is 15.8 Å². The van der Waals surface area contributed by atoms with Crippen molar-refractivity contribution in [3.05, 3.63) is 30.3 Å². The average molecular weight is 248 g/mol. The van der Waals surface area contributed by atoms with Crippen LogP contribution < -0.4 is 10.6 Å².